The van der Waals surface area contributed by atoms with E-state index in [-0.39, 0.29) is 23.7 Å². The fourth-order valence-corrected chi connectivity index (χ4v) is 5.82. The molecule has 11 nitrogen and oxygen atoms in total. The first-order valence-electron chi connectivity index (χ1n) is 12.2. The number of carboxylic acid groups (broad SMARTS) is 1. The van der Waals surface area contributed by atoms with Gasteiger partial charge in [-0.25, -0.2) is 23.2 Å². The number of nitrogens with one attached hydrogen (secondary N) is 1. The first-order valence-corrected chi connectivity index (χ1v) is 14.0. The first-order chi connectivity index (χ1) is 19.3. The van der Waals surface area contributed by atoms with E-state index >= 15 is 0 Å². The molecule has 5 rings (SSSR count). The molecule has 2 aliphatic rings. The van der Waals surface area contributed by atoms with Gasteiger partial charge in [0.1, 0.15) is 10.6 Å². The predicted molar refractivity (Wildman–Crippen MR) is 144 cm³/mol. The number of methoxy groups -OCH3 is 1. The second-order valence-electron chi connectivity index (χ2n) is 9.12. The SMILES string of the molecule is COc1ccc(Cl)cc1S(=O)(=O)N1CCN(c2nc3cc(C#N)ccc3nc2NC2CC2)CC1.O=C(O)C(F)(F)F. The van der Waals surface area contributed by atoms with Gasteiger partial charge in [-0.2, -0.15) is 22.7 Å². The fourth-order valence-electron chi connectivity index (χ4n) is 3.98. The molecule has 1 aromatic heterocycles. The van der Waals surface area contributed by atoms with E-state index in [1.54, 1.807) is 30.3 Å². The number of nitriles is 1. The number of alkyl halides is 3. The van der Waals surface area contributed by atoms with Gasteiger partial charge in [0.25, 0.3) is 0 Å². The molecule has 41 heavy (non-hydrogen) atoms. The number of piperazine rings is 1. The van der Waals surface area contributed by atoms with E-state index in [2.05, 4.69) is 11.4 Å². The molecule has 0 spiro atoms. The Morgan fingerprint density at radius 1 is 1.12 bits per heavy atom. The van der Waals surface area contributed by atoms with Gasteiger partial charge in [-0.1, -0.05) is 11.6 Å². The van der Waals surface area contributed by atoms with E-state index < -0.39 is 22.2 Å². The lowest BCUT2D eigenvalue weighted by Crippen LogP contribution is -2.49. The standard InChI is InChI=1S/C23H23ClN6O3S.C2HF3O2/c1-33-20-7-3-16(24)13-21(20)34(31,32)30-10-8-29(9-11-30)23-22(26-17-4-5-17)27-18-6-2-15(14-25)12-19(18)28-23;3-2(4,5)1(6)7/h2-3,6-7,12-13,17H,4-5,8-11H2,1H3,(H,26,27);(H,6,7). The average molecular weight is 613 g/mol. The third kappa shape index (κ3) is 7.07. The van der Waals surface area contributed by atoms with Gasteiger partial charge in [0.2, 0.25) is 10.0 Å². The number of fused-ring (bicyclic) bond motifs is 1. The maximum Gasteiger partial charge on any atom is 0.490 e. The number of anilines is 2. The normalized spacial score (nSPS) is 16.0. The molecular formula is C25H24ClF3N6O5S. The molecule has 1 saturated carbocycles. The average Bonchev–Trinajstić information content (AvgIpc) is 3.76. The summed E-state index contributed by atoms with van der Waals surface area (Å²) in [5.74, 6) is -1.14. The Morgan fingerprint density at radius 3 is 2.34 bits per heavy atom. The van der Waals surface area contributed by atoms with Crippen molar-refractivity contribution in [1.82, 2.24) is 14.3 Å². The van der Waals surface area contributed by atoms with Crippen molar-refractivity contribution in [3.05, 3.63) is 47.0 Å². The monoisotopic (exact) mass is 612 g/mol. The van der Waals surface area contributed by atoms with Crippen molar-refractivity contribution >= 4 is 50.3 Å². The van der Waals surface area contributed by atoms with Crippen LogP contribution in [-0.2, 0) is 14.8 Å². The third-order valence-electron chi connectivity index (χ3n) is 6.22. The molecule has 0 atom stereocenters. The number of carbonyl (C=O) groups is 1. The summed E-state index contributed by atoms with van der Waals surface area (Å²) >= 11 is 6.07. The number of ether oxygens (including phenoxy) is 1. The highest BCUT2D eigenvalue weighted by molar-refractivity contribution is 7.89. The highest BCUT2D eigenvalue weighted by atomic mass is 35.5. The molecule has 16 heteroatoms. The molecule has 0 amide bonds. The van der Waals surface area contributed by atoms with Crippen LogP contribution in [0.15, 0.2) is 41.3 Å². The highest BCUT2D eigenvalue weighted by Gasteiger charge is 2.38. The maximum atomic E-state index is 13.3. The molecule has 3 aromatic rings. The zero-order valence-electron chi connectivity index (χ0n) is 21.5. The Kier molecular flexibility index (Phi) is 8.76. The lowest BCUT2D eigenvalue weighted by molar-refractivity contribution is -0.192. The van der Waals surface area contributed by atoms with Gasteiger partial charge in [0.05, 0.1) is 29.8 Å². The Hall–Kier alpha value is -3.87. The summed E-state index contributed by atoms with van der Waals surface area (Å²) in [6.07, 6.45) is -2.92. The number of halogens is 4. The third-order valence-corrected chi connectivity index (χ3v) is 8.37. The van der Waals surface area contributed by atoms with Crippen LogP contribution in [0.5, 0.6) is 5.75 Å². The summed E-state index contributed by atoms with van der Waals surface area (Å²) in [6, 6.07) is 12.3. The van der Waals surface area contributed by atoms with Crippen LogP contribution in [0.3, 0.4) is 0 Å². The molecule has 0 radical (unpaired) electrons. The number of benzene rings is 2. The number of hydrogen-bond donors (Lipinski definition) is 2. The molecule has 1 saturated heterocycles. The Morgan fingerprint density at radius 2 is 1.78 bits per heavy atom. The van der Waals surface area contributed by atoms with Crippen molar-refractivity contribution in [1.29, 1.82) is 5.26 Å². The van der Waals surface area contributed by atoms with Crippen LogP contribution >= 0.6 is 11.6 Å². The Balaban J connectivity index is 0.000000493. The summed E-state index contributed by atoms with van der Waals surface area (Å²) in [5.41, 5.74) is 1.86. The minimum Gasteiger partial charge on any atom is -0.495 e. The fraction of sp³-hybridized carbons (Fsp3) is 0.360. The highest BCUT2D eigenvalue weighted by Crippen LogP contribution is 2.33. The molecule has 2 fully saturated rings. The van der Waals surface area contributed by atoms with Gasteiger partial charge in [0, 0.05) is 37.2 Å². The van der Waals surface area contributed by atoms with E-state index in [0.29, 0.717) is 52.4 Å². The van der Waals surface area contributed by atoms with E-state index in [1.165, 1.54) is 17.5 Å². The van der Waals surface area contributed by atoms with Crippen molar-refractivity contribution in [3.8, 4) is 11.8 Å². The second-order valence-corrected chi connectivity index (χ2v) is 11.5. The molecule has 2 heterocycles. The Labute approximate surface area is 238 Å². The predicted octanol–water partition coefficient (Wildman–Crippen LogP) is 3.88. The molecule has 2 N–H and O–H groups in total. The molecule has 0 bridgehead atoms. The maximum absolute atomic E-state index is 13.3. The summed E-state index contributed by atoms with van der Waals surface area (Å²) in [7, 11) is -2.35. The Bertz CT molecular complexity index is 1600. The lowest BCUT2D eigenvalue weighted by atomic mass is 10.2. The van der Waals surface area contributed by atoms with Crippen LogP contribution in [0.2, 0.25) is 5.02 Å². The van der Waals surface area contributed by atoms with Crippen LogP contribution in [-0.4, -0.2) is 79.3 Å². The molecule has 218 valence electrons. The van der Waals surface area contributed by atoms with Gasteiger partial charge < -0.3 is 20.1 Å². The van der Waals surface area contributed by atoms with Gasteiger partial charge in [0.15, 0.2) is 11.6 Å². The van der Waals surface area contributed by atoms with E-state index in [9.17, 15) is 26.9 Å². The number of sulfonamides is 1. The summed E-state index contributed by atoms with van der Waals surface area (Å²) in [5, 5.41) is 20.2. The summed E-state index contributed by atoms with van der Waals surface area (Å²) < 4.78 is 65.1. The van der Waals surface area contributed by atoms with Gasteiger partial charge in [-0.15, -0.1) is 0 Å². The zero-order chi connectivity index (χ0) is 29.9. The molecule has 1 aliphatic carbocycles. The van der Waals surface area contributed by atoms with Crippen LogP contribution in [0.25, 0.3) is 11.0 Å². The van der Waals surface area contributed by atoms with Crippen LogP contribution in [0.4, 0.5) is 24.8 Å². The topological polar surface area (TPSA) is 149 Å². The van der Waals surface area contributed by atoms with Crippen LogP contribution < -0.4 is 15.0 Å². The number of aliphatic carboxylic acids is 1. The van der Waals surface area contributed by atoms with Crippen molar-refractivity contribution in [2.45, 2.75) is 30.0 Å². The number of carboxylic acids is 1. The largest absolute Gasteiger partial charge is 0.495 e. The summed E-state index contributed by atoms with van der Waals surface area (Å²) in [4.78, 5) is 20.6. The quantitative estimate of drug-likeness (QED) is 0.420. The number of rotatable bonds is 6. The van der Waals surface area contributed by atoms with Gasteiger partial charge >= 0.3 is 12.1 Å². The van der Waals surface area contributed by atoms with E-state index in [4.69, 9.17) is 36.2 Å². The van der Waals surface area contributed by atoms with Crippen molar-refractivity contribution < 1.29 is 36.2 Å². The molecule has 0 unspecified atom stereocenters. The zero-order valence-corrected chi connectivity index (χ0v) is 23.1. The molecular weight excluding hydrogens is 589 g/mol. The van der Waals surface area contributed by atoms with Crippen LogP contribution in [0, 0.1) is 11.3 Å². The number of hydrogen-bond acceptors (Lipinski definition) is 9. The lowest BCUT2D eigenvalue weighted by Gasteiger charge is -2.35. The van der Waals surface area contributed by atoms with Crippen molar-refractivity contribution in [2.75, 3.05) is 43.5 Å². The minimum absolute atomic E-state index is 0.0570. The smallest absolute Gasteiger partial charge is 0.490 e. The van der Waals surface area contributed by atoms with Gasteiger partial charge in [-0.05, 0) is 49.2 Å². The van der Waals surface area contributed by atoms with Gasteiger partial charge in [-0.3, -0.25) is 0 Å². The first kappa shape index (κ1) is 30.1. The van der Waals surface area contributed by atoms with Crippen molar-refractivity contribution in [3.63, 3.8) is 0 Å². The minimum atomic E-state index is -5.08. The van der Waals surface area contributed by atoms with E-state index in [0.717, 1.165) is 12.8 Å². The molecule has 1 aliphatic heterocycles. The number of aromatic nitrogens is 2. The van der Waals surface area contributed by atoms with Crippen LogP contribution in [0.1, 0.15) is 18.4 Å². The second kappa shape index (κ2) is 11.9. The number of nitrogens with zero attached hydrogens (tertiary/aromatic N) is 5. The summed E-state index contributed by atoms with van der Waals surface area (Å²) in [6.45, 7) is 1.44. The van der Waals surface area contributed by atoms with Crippen molar-refractivity contribution in [2.24, 2.45) is 0 Å². The van der Waals surface area contributed by atoms with E-state index in [1.807, 2.05) is 4.90 Å². The molecule has 2 aromatic carbocycles.